The molecule has 0 aliphatic rings. The quantitative estimate of drug-likeness (QED) is 0.403. The van der Waals surface area contributed by atoms with E-state index >= 15 is 0 Å². The lowest BCUT2D eigenvalue weighted by atomic mass is 10.2. The van der Waals surface area contributed by atoms with E-state index in [1.54, 1.807) is 7.05 Å². The van der Waals surface area contributed by atoms with Crippen LogP contribution < -0.4 is 4.74 Å². The second kappa shape index (κ2) is 9.03. The second-order valence-electron chi connectivity index (χ2n) is 5.55. The van der Waals surface area contributed by atoms with E-state index in [2.05, 4.69) is 0 Å². The maximum Gasteiger partial charge on any atom is 0.269 e. The number of non-ortho nitro benzene ring substituents is 1. The number of nitro benzene ring substituents is 1. The van der Waals surface area contributed by atoms with Crippen molar-refractivity contribution in [2.75, 3.05) is 13.7 Å². The van der Waals surface area contributed by atoms with E-state index < -0.39 is 4.92 Å². The highest BCUT2D eigenvalue weighted by Gasteiger charge is 2.14. The van der Waals surface area contributed by atoms with Crippen molar-refractivity contribution in [2.45, 2.75) is 19.4 Å². The van der Waals surface area contributed by atoms with Crippen molar-refractivity contribution in [2.24, 2.45) is 0 Å². The zero-order chi connectivity index (χ0) is 18.2. The van der Waals surface area contributed by atoms with Gasteiger partial charge < -0.3 is 9.64 Å². The van der Waals surface area contributed by atoms with Gasteiger partial charge in [-0.3, -0.25) is 14.9 Å². The maximum atomic E-state index is 12.2. The SMILES string of the molecule is CN(Cc1cc([N+](=O)[O-])ccc1Cl)C(=O)CCCOc1ccccc1. The Morgan fingerprint density at radius 1 is 1.24 bits per heavy atom. The number of ether oxygens (including phenoxy) is 1. The van der Waals surface area contributed by atoms with Gasteiger partial charge >= 0.3 is 0 Å². The summed E-state index contributed by atoms with van der Waals surface area (Å²) in [6.45, 7) is 0.667. The molecule has 0 saturated heterocycles. The molecule has 0 N–H and O–H groups in total. The van der Waals surface area contributed by atoms with Crippen molar-refractivity contribution in [3.8, 4) is 5.75 Å². The first kappa shape index (κ1) is 18.7. The van der Waals surface area contributed by atoms with Crippen molar-refractivity contribution in [3.63, 3.8) is 0 Å². The first-order valence-electron chi connectivity index (χ1n) is 7.82. The predicted octanol–water partition coefficient (Wildman–Crippen LogP) is 4.07. The van der Waals surface area contributed by atoms with Gasteiger partial charge in [-0.25, -0.2) is 0 Å². The molecule has 0 aromatic heterocycles. The van der Waals surface area contributed by atoms with Crippen LogP contribution in [0.25, 0.3) is 0 Å². The van der Waals surface area contributed by atoms with Crippen LogP contribution in [0.4, 0.5) is 5.69 Å². The van der Waals surface area contributed by atoms with Crippen LogP contribution in [0.1, 0.15) is 18.4 Å². The molecule has 0 heterocycles. The monoisotopic (exact) mass is 362 g/mol. The zero-order valence-electron chi connectivity index (χ0n) is 13.9. The summed E-state index contributed by atoms with van der Waals surface area (Å²) in [5.74, 6) is 0.700. The molecule has 0 bridgehead atoms. The Balaban J connectivity index is 1.82. The number of carbonyl (C=O) groups is 1. The molecule has 0 aliphatic heterocycles. The molecule has 0 saturated carbocycles. The summed E-state index contributed by atoms with van der Waals surface area (Å²) in [5.41, 5.74) is 0.503. The molecule has 2 aromatic carbocycles. The third kappa shape index (κ3) is 5.76. The number of benzene rings is 2. The van der Waals surface area contributed by atoms with Gasteiger partial charge in [-0.1, -0.05) is 29.8 Å². The second-order valence-corrected chi connectivity index (χ2v) is 5.95. The molecule has 0 aliphatic carbocycles. The van der Waals surface area contributed by atoms with E-state index in [0.717, 1.165) is 5.75 Å². The summed E-state index contributed by atoms with van der Waals surface area (Å²) >= 11 is 6.06. The van der Waals surface area contributed by atoms with Crippen molar-refractivity contribution in [1.29, 1.82) is 0 Å². The summed E-state index contributed by atoms with van der Waals surface area (Å²) < 4.78 is 5.55. The molecule has 0 atom stereocenters. The van der Waals surface area contributed by atoms with Gasteiger partial charge in [0, 0.05) is 37.2 Å². The number of hydrogen-bond donors (Lipinski definition) is 0. The molecule has 0 radical (unpaired) electrons. The molecule has 0 spiro atoms. The molecule has 7 heteroatoms. The van der Waals surface area contributed by atoms with Crippen LogP contribution >= 0.6 is 11.6 Å². The van der Waals surface area contributed by atoms with Crippen molar-refractivity contribution in [1.82, 2.24) is 4.90 Å². The fourth-order valence-corrected chi connectivity index (χ4v) is 2.44. The molecular formula is C18H19ClN2O4. The fourth-order valence-electron chi connectivity index (χ4n) is 2.26. The average molecular weight is 363 g/mol. The van der Waals surface area contributed by atoms with Gasteiger partial charge in [-0.05, 0) is 30.2 Å². The highest BCUT2D eigenvalue weighted by molar-refractivity contribution is 6.31. The van der Waals surface area contributed by atoms with E-state index in [9.17, 15) is 14.9 Å². The molecule has 0 fully saturated rings. The highest BCUT2D eigenvalue weighted by atomic mass is 35.5. The Morgan fingerprint density at radius 3 is 2.64 bits per heavy atom. The Kier molecular flexibility index (Phi) is 6.77. The minimum Gasteiger partial charge on any atom is -0.494 e. The van der Waals surface area contributed by atoms with Gasteiger partial charge in [0.15, 0.2) is 0 Å². The zero-order valence-corrected chi connectivity index (χ0v) is 14.6. The maximum absolute atomic E-state index is 12.2. The summed E-state index contributed by atoms with van der Waals surface area (Å²) in [7, 11) is 1.65. The van der Waals surface area contributed by atoms with E-state index in [4.69, 9.17) is 16.3 Å². The lowest BCUT2D eigenvalue weighted by Gasteiger charge is -2.18. The lowest BCUT2D eigenvalue weighted by molar-refractivity contribution is -0.384. The molecule has 132 valence electrons. The molecule has 25 heavy (non-hydrogen) atoms. The van der Waals surface area contributed by atoms with Crippen LogP contribution in [0, 0.1) is 10.1 Å². The molecule has 1 amide bonds. The fraction of sp³-hybridized carbons (Fsp3) is 0.278. The summed E-state index contributed by atoms with van der Waals surface area (Å²) in [6, 6.07) is 13.6. The van der Waals surface area contributed by atoms with E-state index in [0.29, 0.717) is 30.0 Å². The standard InChI is InChI=1S/C18H19ClN2O4/c1-20(13-14-12-15(21(23)24)9-10-17(14)19)18(22)8-5-11-25-16-6-3-2-4-7-16/h2-4,6-7,9-10,12H,5,8,11,13H2,1H3. The van der Waals surface area contributed by atoms with Crippen LogP contribution in [0.5, 0.6) is 5.75 Å². The topological polar surface area (TPSA) is 72.7 Å². The number of carbonyl (C=O) groups excluding carboxylic acids is 1. The molecule has 2 rings (SSSR count). The molecule has 6 nitrogen and oxygen atoms in total. The number of para-hydroxylation sites is 1. The van der Waals surface area contributed by atoms with Gasteiger partial charge in [-0.15, -0.1) is 0 Å². The number of nitro groups is 1. The normalized spacial score (nSPS) is 10.3. The number of hydrogen-bond acceptors (Lipinski definition) is 4. The minimum atomic E-state index is -0.484. The van der Waals surface area contributed by atoms with Gasteiger partial charge in [0.2, 0.25) is 5.91 Å². The predicted molar refractivity (Wildman–Crippen MR) is 95.8 cm³/mol. The Hall–Kier alpha value is -2.60. The van der Waals surface area contributed by atoms with E-state index in [1.165, 1.54) is 23.1 Å². The Bertz CT molecular complexity index is 737. The van der Waals surface area contributed by atoms with Crippen LogP contribution in [-0.4, -0.2) is 29.4 Å². The van der Waals surface area contributed by atoms with Gasteiger partial charge in [0.25, 0.3) is 5.69 Å². The average Bonchev–Trinajstić information content (AvgIpc) is 2.61. The highest BCUT2D eigenvalue weighted by Crippen LogP contribution is 2.23. The smallest absolute Gasteiger partial charge is 0.269 e. The number of amides is 1. The summed E-state index contributed by atoms with van der Waals surface area (Å²) in [4.78, 5) is 24.0. The van der Waals surface area contributed by atoms with Gasteiger partial charge in [0.1, 0.15) is 5.75 Å². The Morgan fingerprint density at radius 2 is 1.96 bits per heavy atom. The van der Waals surface area contributed by atoms with Crippen molar-refractivity contribution < 1.29 is 14.5 Å². The van der Waals surface area contributed by atoms with E-state index in [1.807, 2.05) is 30.3 Å². The van der Waals surface area contributed by atoms with Gasteiger partial charge in [0.05, 0.1) is 11.5 Å². The van der Waals surface area contributed by atoms with Crippen LogP contribution in [-0.2, 0) is 11.3 Å². The molecule has 0 unspecified atom stereocenters. The van der Waals surface area contributed by atoms with Gasteiger partial charge in [-0.2, -0.15) is 0 Å². The first-order valence-corrected chi connectivity index (χ1v) is 8.20. The van der Waals surface area contributed by atoms with E-state index in [-0.39, 0.29) is 18.1 Å². The third-order valence-corrected chi connectivity index (χ3v) is 3.99. The summed E-state index contributed by atoms with van der Waals surface area (Å²) in [6.07, 6.45) is 0.913. The number of rotatable bonds is 8. The lowest BCUT2D eigenvalue weighted by Crippen LogP contribution is -2.26. The third-order valence-electron chi connectivity index (χ3n) is 3.62. The largest absolute Gasteiger partial charge is 0.494 e. The van der Waals surface area contributed by atoms with Crippen LogP contribution in [0.3, 0.4) is 0 Å². The van der Waals surface area contributed by atoms with Crippen molar-refractivity contribution >= 4 is 23.2 Å². The summed E-state index contributed by atoms with van der Waals surface area (Å²) in [5, 5.41) is 11.2. The number of halogens is 1. The van der Waals surface area contributed by atoms with Crippen molar-refractivity contribution in [3.05, 3.63) is 69.2 Å². The molecular weight excluding hydrogens is 344 g/mol. The Labute approximate surface area is 151 Å². The van der Waals surface area contributed by atoms with Crippen LogP contribution in [0.15, 0.2) is 48.5 Å². The minimum absolute atomic E-state index is 0.0449. The van der Waals surface area contributed by atoms with Crippen LogP contribution in [0.2, 0.25) is 5.02 Å². The molecule has 2 aromatic rings. The first-order chi connectivity index (χ1) is 12.0. The number of nitrogens with zero attached hydrogens (tertiary/aromatic N) is 2.